The SMILES string of the molecule is COCCN1C[C@@H](NC(=O)Nc2cccc(-n3cc(C(N)=O)c(C(F)(F)F)n3)c2)[C@H](c2ccc(F)c(F)c2)C1. The number of hydrogen-bond donors (Lipinski definition) is 3. The molecule has 3 aromatic rings. The molecule has 14 heteroatoms. The number of nitrogens with one attached hydrogen (secondary N) is 2. The van der Waals surface area contributed by atoms with Crippen molar-refractivity contribution in [3.05, 3.63) is 77.1 Å². The zero-order chi connectivity index (χ0) is 28.3. The fraction of sp³-hybridized carbons (Fsp3) is 0.320. The summed E-state index contributed by atoms with van der Waals surface area (Å²) in [6.07, 6.45) is -4.03. The lowest BCUT2D eigenvalue weighted by Crippen LogP contribution is -2.42. The Morgan fingerprint density at radius 1 is 1.13 bits per heavy atom. The third-order valence-electron chi connectivity index (χ3n) is 6.31. The second kappa shape index (κ2) is 11.4. The van der Waals surface area contributed by atoms with Crippen LogP contribution >= 0.6 is 0 Å². The van der Waals surface area contributed by atoms with Crippen LogP contribution < -0.4 is 16.4 Å². The summed E-state index contributed by atoms with van der Waals surface area (Å²) in [5, 5.41) is 8.92. The molecule has 4 rings (SSSR count). The monoisotopic (exact) mass is 552 g/mol. The Kier molecular flexibility index (Phi) is 8.16. The summed E-state index contributed by atoms with van der Waals surface area (Å²) in [7, 11) is 1.56. The second-order valence-electron chi connectivity index (χ2n) is 8.99. The molecular formula is C25H25F5N6O3. The predicted molar refractivity (Wildman–Crippen MR) is 130 cm³/mol. The van der Waals surface area contributed by atoms with Crippen LogP contribution in [0.25, 0.3) is 5.69 Å². The van der Waals surface area contributed by atoms with Crippen molar-refractivity contribution in [1.29, 1.82) is 0 Å². The number of aromatic nitrogens is 2. The number of urea groups is 1. The van der Waals surface area contributed by atoms with Gasteiger partial charge in [0.2, 0.25) is 0 Å². The molecule has 0 aliphatic carbocycles. The Hall–Kier alpha value is -4.04. The number of alkyl halides is 3. The minimum Gasteiger partial charge on any atom is -0.383 e. The van der Waals surface area contributed by atoms with Crippen molar-refractivity contribution in [2.24, 2.45) is 5.73 Å². The molecule has 1 aromatic heterocycles. The smallest absolute Gasteiger partial charge is 0.383 e. The van der Waals surface area contributed by atoms with E-state index in [1.165, 1.54) is 30.3 Å². The molecule has 0 radical (unpaired) electrons. The highest BCUT2D eigenvalue weighted by atomic mass is 19.4. The Balaban J connectivity index is 1.51. The van der Waals surface area contributed by atoms with Gasteiger partial charge in [0.1, 0.15) is 0 Å². The number of carbonyl (C=O) groups excluding carboxylic acids is 2. The number of primary amides is 1. The number of nitrogens with two attached hydrogens (primary N) is 1. The Morgan fingerprint density at radius 2 is 1.90 bits per heavy atom. The van der Waals surface area contributed by atoms with E-state index in [9.17, 15) is 31.5 Å². The van der Waals surface area contributed by atoms with Crippen molar-refractivity contribution < 1.29 is 36.3 Å². The van der Waals surface area contributed by atoms with Crippen molar-refractivity contribution in [2.45, 2.75) is 18.1 Å². The number of rotatable bonds is 8. The molecule has 1 saturated heterocycles. The van der Waals surface area contributed by atoms with E-state index in [1.54, 1.807) is 7.11 Å². The van der Waals surface area contributed by atoms with Crippen molar-refractivity contribution in [3.8, 4) is 5.69 Å². The molecule has 39 heavy (non-hydrogen) atoms. The van der Waals surface area contributed by atoms with Gasteiger partial charge < -0.3 is 21.1 Å². The van der Waals surface area contributed by atoms with Crippen LogP contribution in [0.2, 0.25) is 0 Å². The van der Waals surface area contributed by atoms with Crippen LogP contribution in [0.3, 0.4) is 0 Å². The van der Waals surface area contributed by atoms with Gasteiger partial charge in [-0.1, -0.05) is 12.1 Å². The molecule has 0 unspecified atom stereocenters. The number of anilines is 1. The number of nitrogens with zero attached hydrogens (tertiary/aromatic N) is 3. The molecule has 1 fully saturated rings. The van der Waals surface area contributed by atoms with Gasteiger partial charge in [-0.05, 0) is 35.9 Å². The number of hydrogen-bond acceptors (Lipinski definition) is 5. The van der Waals surface area contributed by atoms with Gasteiger partial charge in [0, 0.05) is 44.5 Å². The molecular weight excluding hydrogens is 527 g/mol. The summed E-state index contributed by atoms with van der Waals surface area (Å²) in [6, 6.07) is 8.33. The van der Waals surface area contributed by atoms with Crippen molar-refractivity contribution in [3.63, 3.8) is 0 Å². The number of benzene rings is 2. The van der Waals surface area contributed by atoms with E-state index >= 15 is 0 Å². The topological polar surface area (TPSA) is 115 Å². The van der Waals surface area contributed by atoms with Crippen LogP contribution in [0.1, 0.15) is 27.5 Å². The second-order valence-corrected chi connectivity index (χ2v) is 8.99. The lowest BCUT2D eigenvalue weighted by Gasteiger charge is -2.21. The predicted octanol–water partition coefficient (Wildman–Crippen LogP) is 3.50. The fourth-order valence-corrected chi connectivity index (χ4v) is 4.47. The van der Waals surface area contributed by atoms with Crippen LogP contribution in [0.5, 0.6) is 0 Å². The highest BCUT2D eigenvalue weighted by Crippen LogP contribution is 2.32. The molecule has 2 heterocycles. The molecule has 0 saturated carbocycles. The van der Waals surface area contributed by atoms with Crippen LogP contribution in [0, 0.1) is 11.6 Å². The van der Waals surface area contributed by atoms with E-state index in [0.717, 1.165) is 23.0 Å². The maximum Gasteiger partial charge on any atom is 0.435 e. The van der Waals surface area contributed by atoms with Gasteiger partial charge in [-0.15, -0.1) is 0 Å². The average molecular weight is 553 g/mol. The zero-order valence-corrected chi connectivity index (χ0v) is 20.6. The first-order valence-corrected chi connectivity index (χ1v) is 11.8. The van der Waals surface area contributed by atoms with E-state index in [2.05, 4.69) is 15.7 Å². The maximum atomic E-state index is 13.9. The van der Waals surface area contributed by atoms with Crippen LogP contribution in [-0.4, -0.2) is 66.0 Å². The lowest BCUT2D eigenvalue weighted by atomic mass is 9.94. The number of likely N-dealkylation sites (tertiary alicyclic amines) is 1. The van der Waals surface area contributed by atoms with Crippen molar-refractivity contribution in [2.75, 3.05) is 38.7 Å². The average Bonchev–Trinajstić information content (AvgIpc) is 3.50. The number of ether oxygens (including phenoxy) is 1. The van der Waals surface area contributed by atoms with Gasteiger partial charge in [0.25, 0.3) is 5.91 Å². The number of amides is 3. The first-order valence-electron chi connectivity index (χ1n) is 11.8. The standard InChI is InChI=1S/C25H25F5N6O3/c1-39-8-7-35-11-17(14-5-6-19(26)20(27)9-14)21(13-35)33-24(38)32-15-3-2-4-16(10-15)36-12-18(23(31)37)22(34-36)25(28,29)30/h2-6,9-10,12,17,21H,7-8,11,13H2,1H3,(H2,31,37)(H2,32,33,38)/t17-,21+/m0/s1. The summed E-state index contributed by atoms with van der Waals surface area (Å²) < 4.78 is 73.2. The molecule has 2 aromatic carbocycles. The van der Waals surface area contributed by atoms with E-state index in [-0.39, 0.29) is 17.3 Å². The summed E-state index contributed by atoms with van der Waals surface area (Å²) in [5.41, 5.74) is 3.75. The lowest BCUT2D eigenvalue weighted by molar-refractivity contribution is -0.141. The van der Waals surface area contributed by atoms with Crippen molar-refractivity contribution >= 4 is 17.6 Å². The van der Waals surface area contributed by atoms with Gasteiger partial charge in [-0.3, -0.25) is 9.69 Å². The molecule has 0 bridgehead atoms. The van der Waals surface area contributed by atoms with Crippen LogP contribution in [0.4, 0.5) is 32.4 Å². The molecule has 9 nitrogen and oxygen atoms in total. The summed E-state index contributed by atoms with van der Waals surface area (Å²) in [4.78, 5) is 26.4. The quantitative estimate of drug-likeness (QED) is 0.370. The van der Waals surface area contributed by atoms with Gasteiger partial charge in [0.15, 0.2) is 17.3 Å². The molecule has 4 N–H and O–H groups in total. The Labute approximate surface area is 219 Å². The maximum absolute atomic E-state index is 13.9. The molecule has 1 aliphatic rings. The zero-order valence-electron chi connectivity index (χ0n) is 20.6. The van der Waals surface area contributed by atoms with E-state index in [1.807, 2.05) is 4.90 Å². The van der Waals surface area contributed by atoms with Gasteiger partial charge >= 0.3 is 12.2 Å². The molecule has 2 atom stereocenters. The Bertz CT molecular complexity index is 1360. The Morgan fingerprint density at radius 3 is 2.54 bits per heavy atom. The van der Waals surface area contributed by atoms with Gasteiger partial charge in [0.05, 0.1) is 23.9 Å². The third kappa shape index (κ3) is 6.52. The molecule has 0 spiro atoms. The first kappa shape index (κ1) is 28.0. The molecule has 3 amide bonds. The largest absolute Gasteiger partial charge is 0.435 e. The van der Waals surface area contributed by atoms with Crippen molar-refractivity contribution in [1.82, 2.24) is 20.0 Å². The van der Waals surface area contributed by atoms with Gasteiger partial charge in [-0.2, -0.15) is 18.3 Å². The normalized spacial score (nSPS) is 17.8. The van der Waals surface area contributed by atoms with E-state index < -0.39 is 47.0 Å². The van der Waals surface area contributed by atoms with E-state index in [0.29, 0.717) is 31.8 Å². The highest BCUT2D eigenvalue weighted by Gasteiger charge is 2.39. The number of carbonyl (C=O) groups is 2. The fourth-order valence-electron chi connectivity index (χ4n) is 4.47. The van der Waals surface area contributed by atoms with Crippen LogP contribution in [-0.2, 0) is 10.9 Å². The number of methoxy groups -OCH3 is 1. The first-order chi connectivity index (χ1) is 18.5. The minimum absolute atomic E-state index is 0.136. The number of halogens is 5. The molecule has 208 valence electrons. The summed E-state index contributed by atoms with van der Waals surface area (Å²) in [5.74, 6) is -3.59. The summed E-state index contributed by atoms with van der Waals surface area (Å²) >= 11 is 0. The summed E-state index contributed by atoms with van der Waals surface area (Å²) in [6.45, 7) is 1.90. The third-order valence-corrected chi connectivity index (χ3v) is 6.31. The van der Waals surface area contributed by atoms with Crippen LogP contribution in [0.15, 0.2) is 48.7 Å². The highest BCUT2D eigenvalue weighted by molar-refractivity contribution is 5.94. The minimum atomic E-state index is -4.90. The molecule has 1 aliphatic heterocycles. The van der Waals surface area contributed by atoms with Gasteiger partial charge in [-0.25, -0.2) is 18.3 Å². The van der Waals surface area contributed by atoms with E-state index in [4.69, 9.17) is 10.5 Å².